The van der Waals surface area contributed by atoms with E-state index in [9.17, 15) is 19.7 Å². The molecule has 2 aromatic carbocycles. The molecular formula is C20H21N3O4. The number of amides is 2. The molecule has 0 aliphatic heterocycles. The maximum absolute atomic E-state index is 12.4. The van der Waals surface area contributed by atoms with Gasteiger partial charge >= 0.3 is 0 Å². The second-order valence-corrected chi connectivity index (χ2v) is 6.67. The summed E-state index contributed by atoms with van der Waals surface area (Å²) in [5.41, 5.74) is 1.17. The summed E-state index contributed by atoms with van der Waals surface area (Å²) in [7, 11) is 0. The van der Waals surface area contributed by atoms with E-state index in [0.29, 0.717) is 11.4 Å². The summed E-state index contributed by atoms with van der Waals surface area (Å²) >= 11 is 0. The molecule has 1 aliphatic rings. The van der Waals surface area contributed by atoms with Gasteiger partial charge in [0.25, 0.3) is 11.6 Å². The van der Waals surface area contributed by atoms with Crippen molar-refractivity contribution in [1.29, 1.82) is 0 Å². The fraction of sp³-hybridized carbons (Fsp3) is 0.300. The third-order valence-corrected chi connectivity index (χ3v) is 4.68. The molecule has 1 saturated carbocycles. The lowest BCUT2D eigenvalue weighted by molar-refractivity contribution is -0.384. The molecular weight excluding hydrogens is 346 g/mol. The second-order valence-electron chi connectivity index (χ2n) is 6.67. The van der Waals surface area contributed by atoms with Crippen molar-refractivity contribution in [2.45, 2.75) is 32.1 Å². The van der Waals surface area contributed by atoms with Gasteiger partial charge in [-0.25, -0.2) is 0 Å². The van der Waals surface area contributed by atoms with Gasteiger partial charge in [-0.05, 0) is 37.1 Å². The lowest BCUT2D eigenvalue weighted by Gasteiger charge is -2.20. The average molecular weight is 367 g/mol. The highest BCUT2D eigenvalue weighted by molar-refractivity contribution is 6.05. The van der Waals surface area contributed by atoms with E-state index in [1.54, 1.807) is 24.3 Å². The molecule has 2 N–H and O–H groups in total. The number of nitro benzene ring substituents is 1. The topological polar surface area (TPSA) is 101 Å². The molecule has 0 atom stereocenters. The molecule has 140 valence electrons. The number of hydrogen-bond acceptors (Lipinski definition) is 4. The molecule has 3 rings (SSSR count). The Morgan fingerprint density at radius 3 is 2.30 bits per heavy atom. The van der Waals surface area contributed by atoms with Gasteiger partial charge in [0.05, 0.1) is 4.92 Å². The number of non-ortho nitro benzene ring substituents is 1. The molecule has 0 unspecified atom stereocenters. The number of anilines is 2. The van der Waals surface area contributed by atoms with E-state index in [0.717, 1.165) is 25.7 Å². The van der Waals surface area contributed by atoms with Crippen LogP contribution in [0.5, 0.6) is 0 Å². The molecule has 2 aromatic rings. The summed E-state index contributed by atoms with van der Waals surface area (Å²) in [5.74, 6) is -0.395. The Balaban J connectivity index is 1.66. The minimum atomic E-state index is -0.543. The lowest BCUT2D eigenvalue weighted by atomic mass is 9.88. The molecule has 2 amide bonds. The van der Waals surface area contributed by atoms with Crippen LogP contribution in [0.4, 0.5) is 17.1 Å². The van der Waals surface area contributed by atoms with E-state index in [4.69, 9.17) is 0 Å². The Labute approximate surface area is 156 Å². The van der Waals surface area contributed by atoms with Crippen LogP contribution < -0.4 is 10.6 Å². The van der Waals surface area contributed by atoms with Crippen LogP contribution in [0.15, 0.2) is 48.5 Å². The van der Waals surface area contributed by atoms with Gasteiger partial charge in [0.2, 0.25) is 5.91 Å². The van der Waals surface area contributed by atoms with Gasteiger partial charge < -0.3 is 10.6 Å². The Morgan fingerprint density at radius 1 is 0.926 bits per heavy atom. The zero-order valence-electron chi connectivity index (χ0n) is 14.8. The predicted molar refractivity (Wildman–Crippen MR) is 103 cm³/mol. The zero-order chi connectivity index (χ0) is 19.2. The fourth-order valence-electron chi connectivity index (χ4n) is 3.25. The molecule has 0 saturated heterocycles. The van der Waals surface area contributed by atoms with Crippen molar-refractivity contribution in [1.82, 2.24) is 0 Å². The van der Waals surface area contributed by atoms with Crippen LogP contribution in [0.1, 0.15) is 42.5 Å². The standard InChI is InChI=1S/C20H21N3O4/c24-19(14-6-2-1-3-7-14)21-16-9-5-10-17(13-16)22-20(25)15-8-4-11-18(12-15)23(26)27/h4-5,8-14H,1-3,6-7H2,(H,21,24)(H,22,25). The molecule has 27 heavy (non-hydrogen) atoms. The van der Waals surface area contributed by atoms with Crippen LogP contribution in [0, 0.1) is 16.0 Å². The minimum absolute atomic E-state index is 0.0110. The third kappa shape index (κ3) is 4.91. The predicted octanol–water partition coefficient (Wildman–Crippen LogP) is 4.37. The first-order valence-corrected chi connectivity index (χ1v) is 8.99. The number of carbonyl (C=O) groups excluding carboxylic acids is 2. The summed E-state index contributed by atoms with van der Waals surface area (Å²) in [6.45, 7) is 0. The maximum atomic E-state index is 12.4. The molecule has 0 heterocycles. The first-order chi connectivity index (χ1) is 13.0. The first-order valence-electron chi connectivity index (χ1n) is 8.99. The van der Waals surface area contributed by atoms with E-state index in [-0.39, 0.29) is 23.1 Å². The Kier molecular flexibility index (Phi) is 5.80. The van der Waals surface area contributed by atoms with Crippen LogP contribution in [0.25, 0.3) is 0 Å². The third-order valence-electron chi connectivity index (χ3n) is 4.68. The quantitative estimate of drug-likeness (QED) is 0.605. The second kappa shape index (κ2) is 8.44. The minimum Gasteiger partial charge on any atom is -0.326 e. The van der Waals surface area contributed by atoms with Gasteiger partial charge in [0, 0.05) is 35.0 Å². The highest BCUT2D eigenvalue weighted by Gasteiger charge is 2.21. The molecule has 7 nitrogen and oxygen atoms in total. The molecule has 1 aliphatic carbocycles. The molecule has 0 radical (unpaired) electrons. The SMILES string of the molecule is O=C(Nc1cccc(NC(=O)C2CCCCC2)c1)c1cccc([N+](=O)[O-])c1. The average Bonchev–Trinajstić information content (AvgIpc) is 2.69. The van der Waals surface area contributed by atoms with Gasteiger partial charge in [-0.3, -0.25) is 19.7 Å². The van der Waals surface area contributed by atoms with Crippen LogP contribution in [0.3, 0.4) is 0 Å². The summed E-state index contributed by atoms with van der Waals surface area (Å²) < 4.78 is 0. The number of rotatable bonds is 5. The molecule has 7 heteroatoms. The molecule has 0 aromatic heterocycles. The molecule has 0 bridgehead atoms. The molecule has 0 spiro atoms. The number of nitrogens with zero attached hydrogens (tertiary/aromatic N) is 1. The van der Waals surface area contributed by atoms with E-state index in [1.165, 1.54) is 30.7 Å². The van der Waals surface area contributed by atoms with Gasteiger partial charge in [0.15, 0.2) is 0 Å². The zero-order valence-corrected chi connectivity index (χ0v) is 14.8. The highest BCUT2D eigenvalue weighted by Crippen LogP contribution is 2.25. The van der Waals surface area contributed by atoms with Crippen LogP contribution in [0.2, 0.25) is 0 Å². The van der Waals surface area contributed by atoms with Crippen molar-refractivity contribution >= 4 is 28.9 Å². The van der Waals surface area contributed by atoms with Gasteiger partial charge in [-0.15, -0.1) is 0 Å². The maximum Gasteiger partial charge on any atom is 0.270 e. The number of carbonyl (C=O) groups is 2. The summed E-state index contributed by atoms with van der Waals surface area (Å²) in [6.07, 6.45) is 5.17. The van der Waals surface area contributed by atoms with Gasteiger partial charge in [-0.2, -0.15) is 0 Å². The van der Waals surface area contributed by atoms with Crippen LogP contribution >= 0.6 is 0 Å². The Bertz CT molecular complexity index is 860. The van der Waals surface area contributed by atoms with Crippen molar-refractivity contribution in [3.63, 3.8) is 0 Å². The monoisotopic (exact) mass is 367 g/mol. The van der Waals surface area contributed by atoms with Crippen LogP contribution in [-0.2, 0) is 4.79 Å². The summed E-state index contributed by atoms with van der Waals surface area (Å²) in [6, 6.07) is 12.4. The smallest absolute Gasteiger partial charge is 0.270 e. The summed E-state index contributed by atoms with van der Waals surface area (Å²) in [4.78, 5) is 35.0. The van der Waals surface area contributed by atoms with Gasteiger partial charge in [-0.1, -0.05) is 31.4 Å². The normalized spacial score (nSPS) is 14.4. The van der Waals surface area contributed by atoms with E-state index >= 15 is 0 Å². The summed E-state index contributed by atoms with van der Waals surface area (Å²) in [5, 5.41) is 16.5. The van der Waals surface area contributed by atoms with E-state index in [2.05, 4.69) is 10.6 Å². The lowest BCUT2D eigenvalue weighted by Crippen LogP contribution is -2.24. The number of hydrogen-bond donors (Lipinski definition) is 2. The Morgan fingerprint density at radius 2 is 1.59 bits per heavy atom. The van der Waals surface area contributed by atoms with Crippen molar-refractivity contribution in [3.8, 4) is 0 Å². The van der Waals surface area contributed by atoms with Crippen LogP contribution in [-0.4, -0.2) is 16.7 Å². The molecule has 1 fully saturated rings. The largest absolute Gasteiger partial charge is 0.326 e. The highest BCUT2D eigenvalue weighted by atomic mass is 16.6. The van der Waals surface area contributed by atoms with E-state index < -0.39 is 10.8 Å². The van der Waals surface area contributed by atoms with Gasteiger partial charge in [0.1, 0.15) is 0 Å². The Hall–Kier alpha value is -3.22. The van der Waals surface area contributed by atoms with E-state index in [1.807, 2.05) is 0 Å². The van der Waals surface area contributed by atoms with Crippen molar-refractivity contribution < 1.29 is 14.5 Å². The number of nitrogens with one attached hydrogen (secondary N) is 2. The number of benzene rings is 2. The fourth-order valence-corrected chi connectivity index (χ4v) is 3.25. The van der Waals surface area contributed by atoms with Crippen molar-refractivity contribution in [2.24, 2.45) is 5.92 Å². The number of nitro groups is 1. The van der Waals surface area contributed by atoms with Crippen molar-refractivity contribution in [2.75, 3.05) is 10.6 Å². The first kappa shape index (κ1) is 18.6. The van der Waals surface area contributed by atoms with Crippen molar-refractivity contribution in [3.05, 3.63) is 64.2 Å².